The summed E-state index contributed by atoms with van der Waals surface area (Å²) in [6, 6.07) is 6.05. The fraction of sp³-hybridized carbons (Fsp3) is 0.529. The molecule has 1 unspecified atom stereocenters. The molecule has 0 saturated carbocycles. The first-order valence-corrected chi connectivity index (χ1v) is 7.55. The number of fused-ring (bicyclic) bond motifs is 1. The van der Waals surface area contributed by atoms with Crippen LogP contribution in [0, 0.1) is 0 Å². The summed E-state index contributed by atoms with van der Waals surface area (Å²) in [6.07, 6.45) is 9.10. The van der Waals surface area contributed by atoms with Crippen LogP contribution in [0.5, 0.6) is 0 Å². The molecule has 1 aromatic carbocycles. The van der Waals surface area contributed by atoms with E-state index in [1.165, 1.54) is 24.8 Å². The van der Waals surface area contributed by atoms with Crippen molar-refractivity contribution in [2.24, 2.45) is 0 Å². The van der Waals surface area contributed by atoms with Crippen molar-refractivity contribution in [2.75, 3.05) is 11.9 Å². The van der Waals surface area contributed by atoms with Gasteiger partial charge in [-0.2, -0.15) is 0 Å². The highest BCUT2D eigenvalue weighted by Crippen LogP contribution is 2.38. The van der Waals surface area contributed by atoms with Gasteiger partial charge in [0.25, 0.3) is 0 Å². The van der Waals surface area contributed by atoms with E-state index >= 15 is 0 Å². The first kappa shape index (κ1) is 12.7. The van der Waals surface area contributed by atoms with E-state index < -0.39 is 6.17 Å². The van der Waals surface area contributed by atoms with Crippen LogP contribution in [0.25, 0.3) is 0 Å². The van der Waals surface area contributed by atoms with Crippen LogP contribution in [-0.2, 0) is 6.42 Å². The zero-order valence-corrected chi connectivity index (χ0v) is 11.4. The highest BCUT2D eigenvalue weighted by Gasteiger charge is 2.22. The molecule has 1 aromatic rings. The number of halogens is 1. The Morgan fingerprint density at radius 3 is 2.89 bits per heavy atom. The summed E-state index contributed by atoms with van der Waals surface area (Å²) in [5.74, 6) is 0. The number of anilines is 1. The number of hydrogen-bond acceptors (Lipinski definition) is 1. The van der Waals surface area contributed by atoms with Gasteiger partial charge in [-0.25, -0.2) is 4.39 Å². The molecule has 1 N–H and O–H groups in total. The van der Waals surface area contributed by atoms with E-state index in [1.807, 2.05) is 12.1 Å². The lowest BCUT2D eigenvalue weighted by Gasteiger charge is -2.18. The van der Waals surface area contributed by atoms with Crippen LogP contribution in [0.3, 0.4) is 0 Å². The molecule has 102 valence electrons. The Hall–Kier alpha value is -1.31. The molecule has 0 amide bonds. The van der Waals surface area contributed by atoms with Crippen molar-refractivity contribution in [1.82, 2.24) is 0 Å². The molecular formula is C17H22FN. The van der Waals surface area contributed by atoms with Gasteiger partial charge in [-0.1, -0.05) is 37.1 Å². The zero-order chi connectivity index (χ0) is 13.1. The molecule has 0 saturated heterocycles. The van der Waals surface area contributed by atoms with Gasteiger partial charge in [0.2, 0.25) is 0 Å². The summed E-state index contributed by atoms with van der Waals surface area (Å²) >= 11 is 0. The predicted octanol–water partition coefficient (Wildman–Crippen LogP) is 4.95. The largest absolute Gasteiger partial charge is 0.384 e. The summed E-state index contributed by atoms with van der Waals surface area (Å²) in [5.41, 5.74) is 4.17. The van der Waals surface area contributed by atoms with E-state index in [4.69, 9.17) is 0 Å². The van der Waals surface area contributed by atoms with E-state index in [0.29, 0.717) is 0 Å². The third kappa shape index (κ3) is 2.68. The van der Waals surface area contributed by atoms with Crippen LogP contribution in [0.1, 0.15) is 55.8 Å². The van der Waals surface area contributed by atoms with Crippen LogP contribution >= 0.6 is 0 Å². The lowest BCUT2D eigenvalue weighted by atomic mass is 9.92. The number of alkyl halides is 1. The Morgan fingerprint density at radius 2 is 1.95 bits per heavy atom. The minimum atomic E-state index is -0.918. The van der Waals surface area contributed by atoms with Crippen LogP contribution in [0.15, 0.2) is 29.8 Å². The number of benzene rings is 1. The molecule has 1 nitrogen and oxygen atoms in total. The van der Waals surface area contributed by atoms with Crippen molar-refractivity contribution in [3.8, 4) is 0 Å². The molecule has 0 spiro atoms. The Labute approximate surface area is 114 Å². The zero-order valence-electron chi connectivity index (χ0n) is 11.4. The lowest BCUT2D eigenvalue weighted by molar-refractivity contribution is 0.379. The third-order valence-corrected chi connectivity index (χ3v) is 4.30. The van der Waals surface area contributed by atoms with Crippen molar-refractivity contribution < 1.29 is 4.39 Å². The number of nitrogens with one attached hydrogen (secondary N) is 1. The Morgan fingerprint density at radius 1 is 1.05 bits per heavy atom. The van der Waals surface area contributed by atoms with Gasteiger partial charge in [-0.05, 0) is 43.2 Å². The molecule has 1 heterocycles. The minimum absolute atomic E-state index is 0.849. The maximum atomic E-state index is 14.9. The van der Waals surface area contributed by atoms with E-state index in [-0.39, 0.29) is 0 Å². The second-order valence-electron chi connectivity index (χ2n) is 5.65. The summed E-state index contributed by atoms with van der Waals surface area (Å²) in [6.45, 7) is 0.943. The average molecular weight is 259 g/mol. The summed E-state index contributed by atoms with van der Waals surface area (Å²) in [4.78, 5) is 0. The van der Waals surface area contributed by atoms with Crippen molar-refractivity contribution >= 4 is 5.69 Å². The summed E-state index contributed by atoms with van der Waals surface area (Å²) in [7, 11) is 0. The molecule has 0 radical (unpaired) electrons. The van der Waals surface area contributed by atoms with Gasteiger partial charge in [-0.15, -0.1) is 0 Å². The maximum Gasteiger partial charge on any atom is 0.148 e. The topological polar surface area (TPSA) is 12.0 Å². The molecule has 19 heavy (non-hydrogen) atoms. The molecule has 2 aliphatic rings. The van der Waals surface area contributed by atoms with Crippen molar-refractivity contribution in [3.63, 3.8) is 0 Å². The van der Waals surface area contributed by atoms with E-state index in [9.17, 15) is 4.39 Å². The molecule has 2 heteroatoms. The first-order valence-electron chi connectivity index (χ1n) is 7.55. The maximum absolute atomic E-state index is 14.9. The molecule has 0 fully saturated rings. The van der Waals surface area contributed by atoms with Gasteiger partial charge in [0.15, 0.2) is 0 Å². The summed E-state index contributed by atoms with van der Waals surface area (Å²) < 4.78 is 14.9. The quantitative estimate of drug-likeness (QED) is 0.741. The molecule has 0 bridgehead atoms. The van der Waals surface area contributed by atoms with Crippen LogP contribution in [0.4, 0.5) is 10.1 Å². The van der Waals surface area contributed by atoms with Crippen molar-refractivity contribution in [2.45, 2.75) is 51.1 Å². The number of hydrogen-bond donors (Lipinski definition) is 1. The lowest BCUT2D eigenvalue weighted by Crippen LogP contribution is -2.03. The fourth-order valence-electron chi connectivity index (χ4n) is 3.22. The van der Waals surface area contributed by atoms with Gasteiger partial charge >= 0.3 is 0 Å². The standard InChI is InChI=1S/C17H22FN/c18-16(13-7-4-2-1-3-5-8-13)15-10-6-9-14-11-12-19-17(14)15/h6-7,9-10,16,19H,1-5,8,11-12H2/b13-7+. The van der Waals surface area contributed by atoms with Gasteiger partial charge in [0.05, 0.1) is 0 Å². The third-order valence-electron chi connectivity index (χ3n) is 4.30. The Bertz CT molecular complexity index is 478. The van der Waals surface area contributed by atoms with E-state index in [2.05, 4.69) is 17.5 Å². The van der Waals surface area contributed by atoms with Gasteiger partial charge in [-0.3, -0.25) is 0 Å². The van der Waals surface area contributed by atoms with E-state index in [0.717, 1.165) is 49.1 Å². The molecule has 3 rings (SSSR count). The Kier molecular flexibility index (Phi) is 3.86. The van der Waals surface area contributed by atoms with Crippen molar-refractivity contribution in [1.29, 1.82) is 0 Å². The van der Waals surface area contributed by atoms with Crippen LogP contribution in [-0.4, -0.2) is 6.54 Å². The molecular weight excluding hydrogens is 237 g/mol. The SMILES string of the molecule is FC(/C1=C/CCCCCC1)c1cccc2c1NCC2. The molecule has 0 aromatic heterocycles. The average Bonchev–Trinajstić information content (AvgIpc) is 2.85. The number of allylic oxidation sites excluding steroid dienone is 2. The number of para-hydroxylation sites is 1. The normalized spacial score (nSPS) is 23.5. The molecule has 1 aliphatic heterocycles. The second-order valence-corrected chi connectivity index (χ2v) is 5.65. The van der Waals surface area contributed by atoms with Gasteiger partial charge < -0.3 is 5.32 Å². The van der Waals surface area contributed by atoms with Crippen molar-refractivity contribution in [3.05, 3.63) is 41.0 Å². The number of rotatable bonds is 2. The minimum Gasteiger partial charge on any atom is -0.384 e. The summed E-state index contributed by atoms with van der Waals surface area (Å²) in [5, 5.41) is 3.35. The molecule has 1 aliphatic carbocycles. The Balaban J connectivity index is 1.87. The first-order chi connectivity index (χ1) is 9.36. The predicted molar refractivity (Wildman–Crippen MR) is 78.3 cm³/mol. The second kappa shape index (κ2) is 5.77. The van der Waals surface area contributed by atoms with Gasteiger partial charge in [0, 0.05) is 17.8 Å². The van der Waals surface area contributed by atoms with Gasteiger partial charge in [0.1, 0.15) is 6.17 Å². The van der Waals surface area contributed by atoms with Crippen LogP contribution < -0.4 is 5.32 Å². The highest BCUT2D eigenvalue weighted by molar-refractivity contribution is 5.62. The van der Waals surface area contributed by atoms with E-state index in [1.54, 1.807) is 0 Å². The highest BCUT2D eigenvalue weighted by atomic mass is 19.1. The smallest absolute Gasteiger partial charge is 0.148 e. The monoisotopic (exact) mass is 259 g/mol. The van der Waals surface area contributed by atoms with Crippen LogP contribution in [0.2, 0.25) is 0 Å². The molecule has 1 atom stereocenters. The fourth-order valence-corrected chi connectivity index (χ4v) is 3.22.